The second kappa shape index (κ2) is 10.1. The number of hydrogen-bond acceptors (Lipinski definition) is 3. The van der Waals surface area contributed by atoms with Crippen LogP contribution in [-0.2, 0) is 4.79 Å². The molecule has 3 aromatic carbocycles. The van der Waals surface area contributed by atoms with Crippen molar-refractivity contribution in [2.75, 3.05) is 17.2 Å². The van der Waals surface area contributed by atoms with Gasteiger partial charge in [0.05, 0.1) is 0 Å². The Balaban J connectivity index is 1.56. The van der Waals surface area contributed by atoms with Gasteiger partial charge >= 0.3 is 0 Å². The van der Waals surface area contributed by atoms with E-state index in [1.54, 1.807) is 42.5 Å². The molecule has 0 fully saturated rings. The molecule has 3 rings (SSSR count). The summed E-state index contributed by atoms with van der Waals surface area (Å²) in [6.45, 7) is 5.91. The van der Waals surface area contributed by atoms with Crippen LogP contribution in [0.25, 0.3) is 0 Å². The van der Waals surface area contributed by atoms with E-state index in [0.717, 1.165) is 16.8 Å². The molecule has 0 aromatic heterocycles. The van der Waals surface area contributed by atoms with E-state index in [9.17, 15) is 9.59 Å². The van der Waals surface area contributed by atoms with Gasteiger partial charge < -0.3 is 15.4 Å². The molecule has 0 saturated heterocycles. The van der Waals surface area contributed by atoms with Gasteiger partial charge in [-0.25, -0.2) is 0 Å². The molecular formula is C25H25ClN2O3. The molecule has 2 amide bonds. The number of para-hydroxylation sites is 1. The molecule has 0 aliphatic carbocycles. The molecule has 31 heavy (non-hydrogen) atoms. The van der Waals surface area contributed by atoms with Crippen LogP contribution >= 0.6 is 11.6 Å². The molecule has 0 heterocycles. The minimum absolute atomic E-state index is 0.123. The highest BCUT2D eigenvalue weighted by Crippen LogP contribution is 2.24. The SMILES string of the molecule is Cc1cc(Cl)ccc1NC(=O)c1ccc(OCC(=O)Nc2ccccc2C(C)C)cc1. The standard InChI is InChI=1S/C25H25ClN2O3/c1-16(2)21-6-4-5-7-23(21)27-24(29)15-31-20-11-8-18(9-12-20)25(30)28-22-13-10-19(26)14-17(22)3/h4-14,16H,15H2,1-3H3,(H,27,29)(H,28,30). The number of rotatable bonds is 7. The Bertz CT molecular complexity index is 1080. The molecule has 0 bridgehead atoms. The zero-order chi connectivity index (χ0) is 22.4. The normalized spacial score (nSPS) is 10.6. The molecule has 0 saturated carbocycles. The van der Waals surface area contributed by atoms with Gasteiger partial charge in [0.1, 0.15) is 5.75 Å². The first-order valence-corrected chi connectivity index (χ1v) is 10.4. The summed E-state index contributed by atoms with van der Waals surface area (Å²) in [5, 5.41) is 6.37. The lowest BCUT2D eigenvalue weighted by atomic mass is 10.0. The molecule has 0 spiro atoms. The summed E-state index contributed by atoms with van der Waals surface area (Å²) >= 11 is 5.95. The predicted octanol–water partition coefficient (Wildman–Crippen LogP) is 6.04. The fraction of sp³-hybridized carbons (Fsp3) is 0.200. The van der Waals surface area contributed by atoms with Crippen molar-refractivity contribution >= 4 is 34.8 Å². The summed E-state index contributed by atoms with van der Waals surface area (Å²) in [5.41, 5.74) is 3.92. The van der Waals surface area contributed by atoms with Gasteiger partial charge in [-0.3, -0.25) is 9.59 Å². The monoisotopic (exact) mass is 436 g/mol. The number of nitrogens with one attached hydrogen (secondary N) is 2. The number of benzene rings is 3. The Hall–Kier alpha value is -3.31. The molecule has 160 valence electrons. The van der Waals surface area contributed by atoms with Crippen LogP contribution in [0.2, 0.25) is 5.02 Å². The molecule has 0 aliphatic heterocycles. The number of aryl methyl sites for hydroxylation is 1. The van der Waals surface area contributed by atoms with E-state index in [4.69, 9.17) is 16.3 Å². The van der Waals surface area contributed by atoms with Crippen LogP contribution in [0.15, 0.2) is 66.7 Å². The lowest BCUT2D eigenvalue weighted by Crippen LogP contribution is -2.21. The maximum Gasteiger partial charge on any atom is 0.262 e. The van der Waals surface area contributed by atoms with E-state index in [1.807, 2.05) is 31.2 Å². The summed E-state index contributed by atoms with van der Waals surface area (Å²) in [7, 11) is 0. The topological polar surface area (TPSA) is 67.4 Å². The van der Waals surface area contributed by atoms with Gasteiger partial charge in [0, 0.05) is 22.0 Å². The Labute approximate surface area is 187 Å². The van der Waals surface area contributed by atoms with Crippen molar-refractivity contribution in [2.45, 2.75) is 26.7 Å². The summed E-state index contributed by atoms with van der Waals surface area (Å²) < 4.78 is 5.57. The molecule has 0 unspecified atom stereocenters. The first-order chi connectivity index (χ1) is 14.8. The maximum atomic E-state index is 12.5. The first-order valence-electron chi connectivity index (χ1n) is 10.0. The van der Waals surface area contributed by atoms with Crippen LogP contribution in [0.4, 0.5) is 11.4 Å². The van der Waals surface area contributed by atoms with Crippen LogP contribution in [0.1, 0.15) is 41.3 Å². The van der Waals surface area contributed by atoms with E-state index in [0.29, 0.717) is 27.9 Å². The predicted molar refractivity (Wildman–Crippen MR) is 125 cm³/mol. The molecular weight excluding hydrogens is 412 g/mol. The smallest absolute Gasteiger partial charge is 0.262 e. The average molecular weight is 437 g/mol. The summed E-state index contributed by atoms with van der Waals surface area (Å²) in [6, 6.07) is 19.6. The second-order valence-corrected chi connectivity index (χ2v) is 7.95. The largest absolute Gasteiger partial charge is 0.484 e. The lowest BCUT2D eigenvalue weighted by molar-refractivity contribution is -0.118. The average Bonchev–Trinajstić information content (AvgIpc) is 2.75. The highest BCUT2D eigenvalue weighted by molar-refractivity contribution is 6.30. The van der Waals surface area contributed by atoms with E-state index in [1.165, 1.54) is 0 Å². The van der Waals surface area contributed by atoms with Gasteiger partial charge in [-0.1, -0.05) is 43.6 Å². The highest BCUT2D eigenvalue weighted by Gasteiger charge is 2.11. The molecule has 6 heteroatoms. The minimum atomic E-state index is -0.242. The van der Waals surface area contributed by atoms with Crippen molar-refractivity contribution in [3.8, 4) is 5.75 Å². The molecule has 0 radical (unpaired) electrons. The third kappa shape index (κ3) is 6.09. The molecule has 0 aliphatic rings. The van der Waals surface area contributed by atoms with E-state index < -0.39 is 0 Å². The van der Waals surface area contributed by atoms with Crippen molar-refractivity contribution in [1.29, 1.82) is 0 Å². The number of anilines is 2. The third-order valence-electron chi connectivity index (χ3n) is 4.78. The summed E-state index contributed by atoms with van der Waals surface area (Å²) in [4.78, 5) is 24.8. The fourth-order valence-corrected chi connectivity index (χ4v) is 3.34. The zero-order valence-corrected chi connectivity index (χ0v) is 18.5. The third-order valence-corrected chi connectivity index (χ3v) is 5.02. The molecule has 2 N–H and O–H groups in total. The van der Waals surface area contributed by atoms with Crippen molar-refractivity contribution in [3.05, 3.63) is 88.4 Å². The Kier molecular flexibility index (Phi) is 7.32. The summed E-state index contributed by atoms with van der Waals surface area (Å²) in [5.74, 6) is 0.326. The van der Waals surface area contributed by atoms with Gasteiger partial charge in [0.2, 0.25) is 0 Å². The Morgan fingerprint density at radius 1 is 0.935 bits per heavy atom. The Morgan fingerprint density at radius 2 is 1.65 bits per heavy atom. The molecule has 3 aromatic rings. The van der Waals surface area contributed by atoms with Crippen LogP contribution in [-0.4, -0.2) is 18.4 Å². The number of hydrogen-bond donors (Lipinski definition) is 2. The first kappa shape index (κ1) is 22.4. The number of carbonyl (C=O) groups is 2. The van der Waals surface area contributed by atoms with E-state index >= 15 is 0 Å². The van der Waals surface area contributed by atoms with Gasteiger partial charge in [0.25, 0.3) is 11.8 Å². The number of carbonyl (C=O) groups excluding carboxylic acids is 2. The van der Waals surface area contributed by atoms with E-state index in [-0.39, 0.29) is 18.4 Å². The van der Waals surface area contributed by atoms with Crippen molar-refractivity contribution in [1.82, 2.24) is 0 Å². The number of ether oxygens (including phenoxy) is 1. The van der Waals surface area contributed by atoms with Gasteiger partial charge in [-0.2, -0.15) is 0 Å². The second-order valence-electron chi connectivity index (χ2n) is 7.52. The number of amides is 2. The van der Waals surface area contributed by atoms with Gasteiger partial charge in [-0.05, 0) is 72.5 Å². The zero-order valence-electron chi connectivity index (χ0n) is 17.7. The van der Waals surface area contributed by atoms with Crippen LogP contribution < -0.4 is 15.4 Å². The quantitative estimate of drug-likeness (QED) is 0.474. The minimum Gasteiger partial charge on any atom is -0.484 e. The molecule has 5 nitrogen and oxygen atoms in total. The number of halogens is 1. The van der Waals surface area contributed by atoms with E-state index in [2.05, 4.69) is 24.5 Å². The highest BCUT2D eigenvalue weighted by atomic mass is 35.5. The lowest BCUT2D eigenvalue weighted by Gasteiger charge is -2.14. The van der Waals surface area contributed by atoms with Crippen molar-refractivity contribution in [3.63, 3.8) is 0 Å². The van der Waals surface area contributed by atoms with Crippen LogP contribution in [0.5, 0.6) is 5.75 Å². The van der Waals surface area contributed by atoms with Crippen molar-refractivity contribution < 1.29 is 14.3 Å². The van der Waals surface area contributed by atoms with Crippen LogP contribution in [0, 0.1) is 6.92 Å². The van der Waals surface area contributed by atoms with Crippen LogP contribution in [0.3, 0.4) is 0 Å². The Morgan fingerprint density at radius 3 is 2.32 bits per heavy atom. The van der Waals surface area contributed by atoms with Crippen molar-refractivity contribution in [2.24, 2.45) is 0 Å². The maximum absolute atomic E-state index is 12.5. The summed E-state index contributed by atoms with van der Waals surface area (Å²) in [6.07, 6.45) is 0. The van der Waals surface area contributed by atoms with Gasteiger partial charge in [-0.15, -0.1) is 0 Å². The fourth-order valence-electron chi connectivity index (χ4n) is 3.11. The van der Waals surface area contributed by atoms with Gasteiger partial charge in [0.15, 0.2) is 6.61 Å². The molecule has 0 atom stereocenters.